The monoisotopic (exact) mass is 226 g/mol. The molecule has 2 aromatic rings. The molecule has 0 aliphatic rings. The third kappa shape index (κ3) is 2.59. The Bertz CT molecular complexity index is 479. The van der Waals surface area contributed by atoms with E-state index < -0.39 is 0 Å². The molecule has 0 aliphatic heterocycles. The number of benzene rings is 1. The summed E-state index contributed by atoms with van der Waals surface area (Å²) in [6, 6.07) is 15.2. The molecule has 1 atom stereocenters. The molecule has 0 bridgehead atoms. The van der Waals surface area contributed by atoms with Gasteiger partial charge in [-0.2, -0.15) is 4.57 Å². The Hall–Kier alpha value is -1.96. The van der Waals surface area contributed by atoms with Gasteiger partial charge in [0.15, 0.2) is 12.4 Å². The molecule has 0 N–H and O–H groups in total. The fraction of sp³-hybridized carbons (Fsp3) is 0.200. The maximum Gasteiger partial charge on any atom is 0.230 e. The molecular weight excluding hydrogens is 210 g/mol. The van der Waals surface area contributed by atoms with Crippen LogP contribution in [0, 0.1) is 0 Å². The van der Waals surface area contributed by atoms with Gasteiger partial charge in [0.05, 0.1) is 0 Å². The minimum Gasteiger partial charge on any atom is -0.287 e. The van der Waals surface area contributed by atoms with E-state index in [0.29, 0.717) is 0 Å². The van der Waals surface area contributed by atoms with Crippen molar-refractivity contribution >= 4 is 5.78 Å². The molecule has 0 amide bonds. The van der Waals surface area contributed by atoms with Crippen LogP contribution in [-0.2, 0) is 0 Å². The molecule has 0 unspecified atom stereocenters. The van der Waals surface area contributed by atoms with Crippen LogP contribution in [0.25, 0.3) is 0 Å². The third-order valence-electron chi connectivity index (χ3n) is 2.85. The smallest absolute Gasteiger partial charge is 0.230 e. The van der Waals surface area contributed by atoms with Crippen LogP contribution in [0.1, 0.15) is 29.7 Å². The average molecular weight is 226 g/mol. The number of nitrogens with zero attached hydrogens (tertiary/aromatic N) is 1. The van der Waals surface area contributed by atoms with Gasteiger partial charge in [0.25, 0.3) is 0 Å². The molecule has 17 heavy (non-hydrogen) atoms. The predicted octanol–water partition coefficient (Wildman–Crippen LogP) is 2.81. The summed E-state index contributed by atoms with van der Waals surface area (Å²) in [6.07, 6.45) is 4.67. The van der Waals surface area contributed by atoms with Gasteiger partial charge in [-0.25, -0.2) is 0 Å². The molecule has 1 aromatic carbocycles. The first kappa shape index (κ1) is 11.5. The van der Waals surface area contributed by atoms with Crippen molar-refractivity contribution in [3.8, 4) is 0 Å². The third-order valence-corrected chi connectivity index (χ3v) is 2.85. The number of hydrogen-bond acceptors (Lipinski definition) is 1. The van der Waals surface area contributed by atoms with E-state index in [1.165, 1.54) is 0 Å². The molecule has 2 nitrogen and oxygen atoms in total. The number of aromatic nitrogens is 1. The molecule has 0 radical (unpaired) electrons. The van der Waals surface area contributed by atoms with Crippen LogP contribution in [0.5, 0.6) is 0 Å². The number of Topliss-reactive ketones (excluding diaryl/α,β-unsaturated/α-hetero) is 1. The maximum absolute atomic E-state index is 12.4. The minimum atomic E-state index is -0.112. The second kappa shape index (κ2) is 5.39. The number of carbonyl (C=O) groups is 1. The van der Waals surface area contributed by atoms with Crippen molar-refractivity contribution in [3.63, 3.8) is 0 Å². The number of ketones is 1. The quantitative estimate of drug-likeness (QED) is 0.580. The topological polar surface area (TPSA) is 20.9 Å². The van der Waals surface area contributed by atoms with Crippen LogP contribution in [0.2, 0.25) is 0 Å². The van der Waals surface area contributed by atoms with E-state index in [1.54, 1.807) is 0 Å². The van der Waals surface area contributed by atoms with Crippen molar-refractivity contribution in [3.05, 3.63) is 66.5 Å². The molecule has 0 aliphatic carbocycles. The summed E-state index contributed by atoms with van der Waals surface area (Å²) in [6.45, 7) is 2.03. The highest BCUT2D eigenvalue weighted by molar-refractivity contribution is 5.97. The number of pyridine rings is 1. The zero-order valence-electron chi connectivity index (χ0n) is 9.91. The summed E-state index contributed by atoms with van der Waals surface area (Å²) in [4.78, 5) is 12.4. The summed E-state index contributed by atoms with van der Waals surface area (Å²) in [7, 11) is 0. The van der Waals surface area contributed by atoms with Gasteiger partial charge < -0.3 is 0 Å². The lowest BCUT2D eigenvalue weighted by Crippen LogP contribution is -2.42. The van der Waals surface area contributed by atoms with Crippen molar-refractivity contribution in [2.45, 2.75) is 19.4 Å². The van der Waals surface area contributed by atoms with Gasteiger partial charge in [0, 0.05) is 24.1 Å². The lowest BCUT2D eigenvalue weighted by molar-refractivity contribution is -0.708. The second-order valence-electron chi connectivity index (χ2n) is 3.98. The molecule has 1 heterocycles. The van der Waals surface area contributed by atoms with E-state index in [9.17, 15) is 4.79 Å². The van der Waals surface area contributed by atoms with Gasteiger partial charge in [-0.1, -0.05) is 43.3 Å². The lowest BCUT2D eigenvalue weighted by atomic mass is 10.0. The van der Waals surface area contributed by atoms with Crippen LogP contribution in [0.3, 0.4) is 0 Å². The van der Waals surface area contributed by atoms with Gasteiger partial charge in [0.2, 0.25) is 11.8 Å². The summed E-state index contributed by atoms with van der Waals surface area (Å²) in [5.74, 6) is 0.171. The van der Waals surface area contributed by atoms with E-state index in [4.69, 9.17) is 0 Å². The van der Waals surface area contributed by atoms with Gasteiger partial charge in [-0.05, 0) is 0 Å². The fourth-order valence-electron chi connectivity index (χ4n) is 1.95. The van der Waals surface area contributed by atoms with Crippen molar-refractivity contribution in [1.29, 1.82) is 0 Å². The first-order valence-corrected chi connectivity index (χ1v) is 5.88. The van der Waals surface area contributed by atoms with Gasteiger partial charge in [-0.3, -0.25) is 4.79 Å². The molecule has 1 aromatic heterocycles. The first-order chi connectivity index (χ1) is 8.33. The molecule has 2 rings (SSSR count). The zero-order valence-corrected chi connectivity index (χ0v) is 9.91. The highest BCUT2D eigenvalue weighted by Gasteiger charge is 2.25. The normalized spacial score (nSPS) is 12.1. The average Bonchev–Trinajstić information content (AvgIpc) is 2.42. The molecule has 0 saturated heterocycles. The van der Waals surface area contributed by atoms with Crippen molar-refractivity contribution in [2.75, 3.05) is 0 Å². The van der Waals surface area contributed by atoms with E-state index in [0.717, 1.165) is 12.0 Å². The largest absolute Gasteiger partial charge is 0.287 e. The van der Waals surface area contributed by atoms with Gasteiger partial charge in [-0.15, -0.1) is 0 Å². The highest BCUT2D eigenvalue weighted by Crippen LogP contribution is 2.12. The summed E-state index contributed by atoms with van der Waals surface area (Å²) >= 11 is 0. The second-order valence-corrected chi connectivity index (χ2v) is 3.98. The summed E-state index contributed by atoms with van der Waals surface area (Å²) in [5.41, 5.74) is 0.774. The van der Waals surface area contributed by atoms with E-state index in [-0.39, 0.29) is 11.8 Å². The Morgan fingerprint density at radius 3 is 2.24 bits per heavy atom. The lowest BCUT2D eigenvalue weighted by Gasteiger charge is -2.08. The van der Waals surface area contributed by atoms with Crippen LogP contribution >= 0.6 is 0 Å². The first-order valence-electron chi connectivity index (χ1n) is 5.88. The summed E-state index contributed by atoms with van der Waals surface area (Å²) in [5, 5.41) is 0. The van der Waals surface area contributed by atoms with Crippen molar-refractivity contribution < 1.29 is 9.36 Å². The predicted molar refractivity (Wildman–Crippen MR) is 66.7 cm³/mol. The van der Waals surface area contributed by atoms with Crippen molar-refractivity contribution in [1.82, 2.24) is 0 Å². The Morgan fingerprint density at radius 1 is 1.06 bits per heavy atom. The zero-order chi connectivity index (χ0) is 12.1. The van der Waals surface area contributed by atoms with Crippen LogP contribution in [0.4, 0.5) is 0 Å². The SMILES string of the molecule is CC[C@H](C(=O)c1ccccc1)[n+]1ccccc1. The minimum absolute atomic E-state index is 0.112. The Balaban J connectivity index is 2.29. The Kier molecular flexibility index (Phi) is 3.66. The van der Waals surface area contributed by atoms with Crippen LogP contribution in [-0.4, -0.2) is 5.78 Å². The molecular formula is C15H16NO+. The van der Waals surface area contributed by atoms with E-state index in [2.05, 4.69) is 0 Å². The van der Waals surface area contributed by atoms with E-state index in [1.807, 2.05) is 72.4 Å². The van der Waals surface area contributed by atoms with Crippen LogP contribution < -0.4 is 4.57 Å². The molecule has 2 heteroatoms. The standard InChI is InChI=1S/C15H16NO/c1-2-14(16-11-7-4-8-12-16)15(17)13-9-5-3-6-10-13/h3-12,14H,2H2,1H3/q+1/t14-/m1/s1. The fourth-order valence-corrected chi connectivity index (χ4v) is 1.95. The Morgan fingerprint density at radius 2 is 1.65 bits per heavy atom. The Labute approximate surface area is 102 Å². The summed E-state index contributed by atoms with van der Waals surface area (Å²) < 4.78 is 1.97. The molecule has 0 fully saturated rings. The number of carbonyl (C=O) groups excluding carboxylic acids is 1. The van der Waals surface area contributed by atoms with Gasteiger partial charge in [0.1, 0.15) is 0 Å². The number of hydrogen-bond donors (Lipinski definition) is 0. The maximum atomic E-state index is 12.4. The number of rotatable bonds is 4. The van der Waals surface area contributed by atoms with Crippen LogP contribution in [0.15, 0.2) is 60.9 Å². The van der Waals surface area contributed by atoms with Crippen molar-refractivity contribution in [2.24, 2.45) is 0 Å². The molecule has 0 saturated carbocycles. The molecule has 86 valence electrons. The highest BCUT2D eigenvalue weighted by atomic mass is 16.1. The van der Waals surface area contributed by atoms with E-state index >= 15 is 0 Å². The molecule has 0 spiro atoms. The van der Waals surface area contributed by atoms with Gasteiger partial charge >= 0.3 is 0 Å².